The van der Waals surface area contributed by atoms with Gasteiger partial charge in [0.25, 0.3) is 0 Å². The van der Waals surface area contributed by atoms with Gasteiger partial charge < -0.3 is 5.32 Å². The van der Waals surface area contributed by atoms with Crippen LogP contribution in [0.25, 0.3) is 27.8 Å². The average molecular weight is 454 g/mol. The molecule has 0 radical (unpaired) electrons. The third kappa shape index (κ3) is 3.82. The fourth-order valence-electron chi connectivity index (χ4n) is 5.71. The monoisotopic (exact) mass is 453 g/mol. The Hall–Kier alpha value is -3.84. The number of anilines is 2. The van der Waals surface area contributed by atoms with E-state index < -0.39 is 0 Å². The van der Waals surface area contributed by atoms with Crippen LogP contribution in [0.2, 0.25) is 0 Å². The van der Waals surface area contributed by atoms with Crippen molar-refractivity contribution in [3.05, 3.63) is 126 Å². The van der Waals surface area contributed by atoms with Gasteiger partial charge in [-0.25, -0.2) is 0 Å². The van der Waals surface area contributed by atoms with E-state index in [1.54, 1.807) is 0 Å². The van der Waals surface area contributed by atoms with Crippen LogP contribution in [-0.4, -0.2) is 0 Å². The summed E-state index contributed by atoms with van der Waals surface area (Å²) < 4.78 is 0. The van der Waals surface area contributed by atoms with Gasteiger partial charge in [-0.05, 0) is 75.6 Å². The molecule has 172 valence electrons. The molecule has 2 aliphatic carbocycles. The largest absolute Gasteiger partial charge is 0.355 e. The number of nitrogens with one attached hydrogen (secondary N) is 1. The molecule has 0 spiro atoms. The molecular weight excluding hydrogens is 422 g/mol. The molecule has 1 N–H and O–H groups in total. The lowest BCUT2D eigenvalue weighted by atomic mass is 9.82. The van der Waals surface area contributed by atoms with Crippen LogP contribution in [0.15, 0.2) is 109 Å². The number of fused-ring (bicyclic) bond motifs is 3. The second-order valence-electron chi connectivity index (χ2n) is 10.4. The van der Waals surface area contributed by atoms with Crippen molar-refractivity contribution in [3.63, 3.8) is 0 Å². The standard InChI is InChI=1S/C34H31N/c1-23-10-9-13-26(20-23)30-21-25(24-11-5-4-6-12-24)16-19-33(30)35-27-17-18-29-28-14-7-8-15-31(28)34(2,3)32(29)22-27/h4-19,21-23,35H,20H2,1-3H3. The highest BCUT2D eigenvalue weighted by Gasteiger charge is 2.35. The third-order valence-electron chi connectivity index (χ3n) is 7.61. The molecule has 0 fully saturated rings. The Morgan fingerprint density at radius 1 is 0.714 bits per heavy atom. The molecule has 0 aliphatic heterocycles. The Bertz CT molecular complexity index is 1470. The molecule has 35 heavy (non-hydrogen) atoms. The number of rotatable bonds is 4. The number of hydrogen-bond acceptors (Lipinski definition) is 1. The summed E-state index contributed by atoms with van der Waals surface area (Å²) in [4.78, 5) is 0. The fraction of sp³-hybridized carbons (Fsp3) is 0.176. The molecule has 0 bridgehead atoms. The van der Waals surface area contributed by atoms with Crippen molar-refractivity contribution in [3.8, 4) is 22.3 Å². The number of allylic oxidation sites excluding steroid dienone is 4. The smallest absolute Gasteiger partial charge is 0.0461 e. The molecule has 2 aliphatic rings. The molecule has 1 unspecified atom stereocenters. The van der Waals surface area contributed by atoms with Gasteiger partial charge in [-0.3, -0.25) is 0 Å². The van der Waals surface area contributed by atoms with E-state index in [1.165, 1.54) is 44.5 Å². The lowest BCUT2D eigenvalue weighted by Gasteiger charge is -2.23. The Labute approximate surface area is 208 Å². The summed E-state index contributed by atoms with van der Waals surface area (Å²) in [5.74, 6) is 0.544. The van der Waals surface area contributed by atoms with Crippen LogP contribution in [-0.2, 0) is 5.41 Å². The van der Waals surface area contributed by atoms with Crippen molar-refractivity contribution in [2.75, 3.05) is 5.32 Å². The maximum atomic E-state index is 3.79. The summed E-state index contributed by atoms with van der Waals surface area (Å²) in [5.41, 5.74) is 13.0. The van der Waals surface area contributed by atoms with E-state index in [0.29, 0.717) is 5.92 Å². The van der Waals surface area contributed by atoms with Crippen LogP contribution in [0.3, 0.4) is 0 Å². The number of hydrogen-bond donors (Lipinski definition) is 1. The Morgan fingerprint density at radius 2 is 1.49 bits per heavy atom. The van der Waals surface area contributed by atoms with E-state index in [9.17, 15) is 0 Å². The molecule has 0 aromatic heterocycles. The van der Waals surface area contributed by atoms with E-state index in [2.05, 4.69) is 135 Å². The average Bonchev–Trinajstić information content (AvgIpc) is 3.11. The summed E-state index contributed by atoms with van der Waals surface area (Å²) in [6.07, 6.45) is 7.82. The van der Waals surface area contributed by atoms with E-state index in [-0.39, 0.29) is 5.41 Å². The summed E-state index contributed by atoms with van der Waals surface area (Å²) in [6, 6.07) is 33.2. The van der Waals surface area contributed by atoms with E-state index >= 15 is 0 Å². The molecule has 1 atom stereocenters. The van der Waals surface area contributed by atoms with Crippen LogP contribution < -0.4 is 5.32 Å². The SMILES string of the molecule is CC1C=CC=C(c2cc(-c3ccccc3)ccc2Nc2ccc3c(c2)C(C)(C)c2ccccc2-3)C1. The van der Waals surface area contributed by atoms with Crippen molar-refractivity contribution in [2.45, 2.75) is 32.6 Å². The van der Waals surface area contributed by atoms with Crippen molar-refractivity contribution < 1.29 is 0 Å². The minimum atomic E-state index is -0.00423. The molecule has 1 nitrogen and oxygen atoms in total. The van der Waals surface area contributed by atoms with Crippen LogP contribution in [0, 0.1) is 5.92 Å². The van der Waals surface area contributed by atoms with Crippen molar-refractivity contribution in [2.24, 2.45) is 5.92 Å². The van der Waals surface area contributed by atoms with Crippen LogP contribution >= 0.6 is 0 Å². The molecule has 0 saturated carbocycles. The summed E-state index contributed by atoms with van der Waals surface area (Å²) in [7, 11) is 0. The lowest BCUT2D eigenvalue weighted by molar-refractivity contribution is 0.660. The summed E-state index contributed by atoms with van der Waals surface area (Å²) >= 11 is 0. The molecule has 6 rings (SSSR count). The van der Waals surface area contributed by atoms with Gasteiger partial charge in [-0.2, -0.15) is 0 Å². The summed E-state index contributed by atoms with van der Waals surface area (Å²) in [5, 5.41) is 3.79. The van der Waals surface area contributed by atoms with E-state index in [4.69, 9.17) is 0 Å². The maximum absolute atomic E-state index is 3.79. The molecule has 4 aromatic rings. The van der Waals surface area contributed by atoms with Crippen LogP contribution in [0.4, 0.5) is 11.4 Å². The first-order valence-electron chi connectivity index (χ1n) is 12.6. The fourth-order valence-corrected chi connectivity index (χ4v) is 5.71. The van der Waals surface area contributed by atoms with Crippen LogP contribution in [0.5, 0.6) is 0 Å². The highest BCUT2D eigenvalue weighted by atomic mass is 14.9. The first-order chi connectivity index (χ1) is 17.0. The van der Waals surface area contributed by atoms with Crippen LogP contribution in [0.1, 0.15) is 43.9 Å². The quantitative estimate of drug-likeness (QED) is 0.324. The van der Waals surface area contributed by atoms with E-state index in [0.717, 1.165) is 17.8 Å². The topological polar surface area (TPSA) is 12.0 Å². The van der Waals surface area contributed by atoms with Gasteiger partial charge in [0, 0.05) is 22.4 Å². The van der Waals surface area contributed by atoms with Gasteiger partial charge in [-0.1, -0.05) is 106 Å². The highest BCUT2D eigenvalue weighted by molar-refractivity contribution is 5.86. The van der Waals surface area contributed by atoms with Gasteiger partial charge in [0.05, 0.1) is 0 Å². The highest BCUT2D eigenvalue weighted by Crippen LogP contribution is 2.49. The number of benzene rings is 4. The second-order valence-corrected chi connectivity index (χ2v) is 10.4. The van der Waals surface area contributed by atoms with Gasteiger partial charge in [0.15, 0.2) is 0 Å². The Morgan fingerprint density at radius 3 is 2.31 bits per heavy atom. The zero-order valence-corrected chi connectivity index (χ0v) is 20.7. The van der Waals surface area contributed by atoms with Gasteiger partial charge >= 0.3 is 0 Å². The Kier molecular flexibility index (Phi) is 5.22. The Balaban J connectivity index is 1.41. The molecule has 0 heterocycles. The second kappa shape index (κ2) is 8.43. The minimum Gasteiger partial charge on any atom is -0.355 e. The first kappa shape index (κ1) is 21.7. The zero-order valence-electron chi connectivity index (χ0n) is 20.7. The van der Waals surface area contributed by atoms with Gasteiger partial charge in [0.1, 0.15) is 0 Å². The predicted octanol–water partition coefficient (Wildman–Crippen LogP) is 9.38. The maximum Gasteiger partial charge on any atom is 0.0461 e. The minimum absolute atomic E-state index is 0.00423. The molecule has 1 heteroatoms. The third-order valence-corrected chi connectivity index (χ3v) is 7.61. The van der Waals surface area contributed by atoms with Gasteiger partial charge in [0.2, 0.25) is 0 Å². The zero-order chi connectivity index (χ0) is 24.0. The molecule has 0 saturated heterocycles. The lowest BCUT2D eigenvalue weighted by Crippen LogP contribution is -2.15. The van der Waals surface area contributed by atoms with Gasteiger partial charge in [-0.15, -0.1) is 0 Å². The van der Waals surface area contributed by atoms with Crippen molar-refractivity contribution in [1.82, 2.24) is 0 Å². The van der Waals surface area contributed by atoms with Crippen molar-refractivity contribution >= 4 is 16.9 Å². The molecule has 4 aromatic carbocycles. The molecule has 0 amide bonds. The molecular formula is C34H31N. The normalized spacial score (nSPS) is 17.5. The van der Waals surface area contributed by atoms with Crippen molar-refractivity contribution in [1.29, 1.82) is 0 Å². The first-order valence-corrected chi connectivity index (χ1v) is 12.6. The van der Waals surface area contributed by atoms with E-state index in [1.807, 2.05) is 0 Å². The summed E-state index contributed by atoms with van der Waals surface area (Å²) in [6.45, 7) is 6.96. The predicted molar refractivity (Wildman–Crippen MR) is 150 cm³/mol.